The van der Waals surface area contributed by atoms with Crippen molar-refractivity contribution < 1.29 is 166 Å². The quantitative estimate of drug-likeness (QED) is 0.225. The van der Waals surface area contributed by atoms with Crippen molar-refractivity contribution in [3.63, 3.8) is 0 Å². The fourth-order valence-electron chi connectivity index (χ4n) is 0. The standard InChI is InChI=1S/Ce.La.3Mn.12O/q2*+3;;;;;;;;;;6*-1. The zero-order valence-corrected chi connectivity index (χ0v) is 17.4. The Labute approximate surface area is 162 Å². The maximum absolute atomic E-state index is 8.58. The van der Waals surface area contributed by atoms with Crippen molar-refractivity contribution in [1.29, 1.82) is 0 Å². The van der Waals surface area contributed by atoms with Gasteiger partial charge in [-0.2, -0.15) is 0 Å². The third kappa shape index (κ3) is 720. The molecule has 0 aromatic carbocycles. The predicted molar refractivity (Wildman–Crippen MR) is 4.12 cm³/mol. The Kier molecular flexibility index (Phi) is 25.6. The molecule has 0 aliphatic carbocycles. The first-order chi connectivity index (χ1) is 6.00. The first-order valence-electron chi connectivity index (χ1n) is 1.85. The van der Waals surface area contributed by atoms with Gasteiger partial charge in [-0.3, -0.25) is 0 Å². The van der Waals surface area contributed by atoms with Gasteiger partial charge in [0.05, 0.1) is 0 Å². The molecule has 0 fully saturated rings. The Morgan fingerprint density at radius 2 is 0.471 bits per heavy atom. The first-order valence-corrected chi connectivity index (χ1v) is 7.63. The monoisotopic (exact) mass is 636 g/mol. The molecular formula is CeLaMn3O12. The molecule has 100 valence electrons. The average molecular weight is 636 g/mol. The Bertz CT molecular complexity index is 343. The average Bonchev–Trinajstić information content (AvgIpc) is 1.41. The van der Waals surface area contributed by atoms with Gasteiger partial charge in [0.1, 0.15) is 0 Å². The van der Waals surface area contributed by atoms with Crippen LogP contribution in [-0.2, 0) is 63.1 Å². The van der Waals surface area contributed by atoms with Crippen LogP contribution in [0.3, 0.4) is 0 Å². The summed E-state index contributed by atoms with van der Waals surface area (Å²) in [6, 6.07) is 0. The van der Waals surface area contributed by atoms with E-state index in [1.807, 2.05) is 0 Å². The van der Waals surface area contributed by atoms with Crippen molar-refractivity contribution in [2.75, 3.05) is 0 Å². The van der Waals surface area contributed by atoms with Crippen LogP contribution in [0.15, 0.2) is 0 Å². The van der Waals surface area contributed by atoms with Crippen LogP contribution in [0.1, 0.15) is 0 Å². The van der Waals surface area contributed by atoms with Gasteiger partial charge < -0.3 is 0 Å². The summed E-state index contributed by atoms with van der Waals surface area (Å²) in [4.78, 5) is 0. The van der Waals surface area contributed by atoms with Gasteiger partial charge in [0.15, 0.2) is 0 Å². The molecule has 0 N–H and O–H groups in total. The van der Waals surface area contributed by atoms with Crippen molar-refractivity contribution in [1.82, 2.24) is 0 Å². The van der Waals surface area contributed by atoms with E-state index in [2.05, 4.69) is 0 Å². The van der Waals surface area contributed by atoms with Crippen LogP contribution in [0.2, 0.25) is 0 Å². The predicted octanol–water partition coefficient (Wildman–Crippen LogP) is -7.85. The van der Waals surface area contributed by atoms with Crippen molar-refractivity contribution in [2.24, 2.45) is 0 Å². The molecule has 0 aliphatic rings. The summed E-state index contributed by atoms with van der Waals surface area (Å²) in [5, 5.41) is 0. The van der Waals surface area contributed by atoms with E-state index in [1.165, 1.54) is 0 Å². The molecule has 0 rings (SSSR count). The van der Waals surface area contributed by atoms with Gasteiger partial charge in [0, 0.05) is 0 Å². The van der Waals surface area contributed by atoms with Crippen LogP contribution in [0.25, 0.3) is 0 Å². The molecule has 0 atom stereocenters. The van der Waals surface area contributed by atoms with Crippen LogP contribution in [0, 0.1) is 77.3 Å². The van der Waals surface area contributed by atoms with Crippen LogP contribution in [0.5, 0.6) is 0 Å². The number of hydrogen-bond acceptors (Lipinski definition) is 12. The van der Waals surface area contributed by atoms with Crippen LogP contribution < -0.4 is 25.1 Å². The summed E-state index contributed by atoms with van der Waals surface area (Å²) < 4.78 is 103. The van der Waals surface area contributed by atoms with E-state index in [1.54, 1.807) is 0 Å². The van der Waals surface area contributed by atoms with Gasteiger partial charge in [-0.05, 0) is 0 Å². The zero-order valence-electron chi connectivity index (χ0n) is 7.11. The van der Waals surface area contributed by atoms with E-state index in [0.29, 0.717) is 0 Å². The van der Waals surface area contributed by atoms with Crippen LogP contribution >= 0.6 is 0 Å². The number of rotatable bonds is 0. The van der Waals surface area contributed by atoms with Gasteiger partial charge in [-0.1, -0.05) is 0 Å². The van der Waals surface area contributed by atoms with E-state index in [0.717, 1.165) is 0 Å². The molecule has 0 spiro atoms. The van der Waals surface area contributed by atoms with Gasteiger partial charge in [0.25, 0.3) is 0 Å². The summed E-state index contributed by atoms with van der Waals surface area (Å²) in [7, 11) is 0. The van der Waals surface area contributed by atoms with Crippen molar-refractivity contribution in [2.45, 2.75) is 0 Å². The van der Waals surface area contributed by atoms with Gasteiger partial charge in [-0.15, -0.1) is 0 Å². The number of hydrogen-bond donors (Lipinski definition) is 0. The summed E-state index contributed by atoms with van der Waals surface area (Å²) in [5.41, 5.74) is 0. The van der Waals surface area contributed by atoms with E-state index in [9.17, 15) is 0 Å². The molecule has 1 radical (unpaired) electrons. The first kappa shape index (κ1) is 31.9. The van der Waals surface area contributed by atoms with Gasteiger partial charge in [0.2, 0.25) is 0 Å². The second kappa shape index (κ2) is 13.7. The Morgan fingerprint density at radius 3 is 0.471 bits per heavy atom. The summed E-state index contributed by atoms with van der Waals surface area (Å²) in [6.45, 7) is 0. The van der Waals surface area contributed by atoms with E-state index < -0.39 is 40.1 Å². The normalized spacial score (nSPS) is 10.2. The van der Waals surface area contributed by atoms with E-state index in [-0.39, 0.29) is 77.3 Å². The third-order valence-electron chi connectivity index (χ3n) is 0. The fraction of sp³-hybridized carbons (Fsp3) is 0. The molecule has 0 amide bonds. The van der Waals surface area contributed by atoms with Crippen LogP contribution in [-0.4, -0.2) is 0 Å². The molecule has 0 unspecified atom stereocenters. The molecule has 0 heterocycles. The Balaban J connectivity index is -0.0000000400. The SMILES string of the molecule is [Ce+3].[La+3].[O]=[Mn](=[O])([O-])[O-].[O]=[Mn](=[O])([O-])[O-].[O]=[Mn](=[O])([O-])[O-]. The van der Waals surface area contributed by atoms with Crippen LogP contribution in [0.4, 0.5) is 0 Å². The Hall–Kier alpha value is 2.69. The van der Waals surface area contributed by atoms with Gasteiger partial charge >= 0.3 is 166 Å². The fourth-order valence-corrected chi connectivity index (χ4v) is 0. The zero-order chi connectivity index (χ0) is 13.5. The van der Waals surface area contributed by atoms with E-state index in [4.69, 9.17) is 48.1 Å². The maximum atomic E-state index is 8.58. The molecule has 0 saturated carbocycles. The molecular weight excluding hydrogens is 636 g/mol. The Morgan fingerprint density at radius 1 is 0.471 bits per heavy atom. The minimum atomic E-state index is -5.62. The van der Waals surface area contributed by atoms with Crippen molar-refractivity contribution in [3.05, 3.63) is 0 Å². The second-order valence-electron chi connectivity index (χ2n) is 1.13. The molecule has 17 heteroatoms. The molecule has 12 nitrogen and oxygen atoms in total. The van der Waals surface area contributed by atoms with E-state index >= 15 is 0 Å². The van der Waals surface area contributed by atoms with Gasteiger partial charge in [-0.25, -0.2) is 0 Å². The summed E-state index contributed by atoms with van der Waals surface area (Å²) in [5.74, 6) is 0. The molecule has 17 heavy (non-hydrogen) atoms. The topological polar surface area (TPSA) is 241 Å². The molecule has 0 aromatic rings. The summed E-state index contributed by atoms with van der Waals surface area (Å²) in [6.07, 6.45) is 0. The molecule has 0 aromatic heterocycles. The minimum absolute atomic E-state index is 0. The summed E-state index contributed by atoms with van der Waals surface area (Å²) >= 11 is -16.9. The van der Waals surface area contributed by atoms with Crippen molar-refractivity contribution in [3.8, 4) is 0 Å². The second-order valence-corrected chi connectivity index (χ2v) is 4.68. The van der Waals surface area contributed by atoms with Crippen molar-refractivity contribution >= 4 is 0 Å². The molecule has 0 aliphatic heterocycles. The molecule has 0 saturated heterocycles. The third-order valence-corrected chi connectivity index (χ3v) is 0. The molecule has 0 bridgehead atoms.